The Morgan fingerprint density at radius 3 is 1.47 bits per heavy atom. The summed E-state index contributed by atoms with van der Waals surface area (Å²) in [4.78, 5) is 54.0. The van der Waals surface area contributed by atoms with Crippen LogP contribution in [0, 0.1) is 34.0 Å². The van der Waals surface area contributed by atoms with Gasteiger partial charge in [-0.3, -0.25) is 24.1 Å². The van der Waals surface area contributed by atoms with Crippen LogP contribution in [0.5, 0.6) is 0 Å². The Hall–Kier alpha value is -2.70. The van der Waals surface area contributed by atoms with E-state index in [2.05, 4.69) is 92.3 Å². The predicted octanol–water partition coefficient (Wildman–Crippen LogP) is 8.53. The van der Waals surface area contributed by atoms with Crippen LogP contribution in [0.4, 0.5) is 5.69 Å². The number of rotatable bonds is 3. The zero-order valence-electron chi connectivity index (χ0n) is 32.5. The second-order valence-corrected chi connectivity index (χ2v) is 17.9. The molecule has 2 saturated heterocycles. The van der Waals surface area contributed by atoms with Crippen LogP contribution in [0.3, 0.4) is 0 Å². The normalized spacial score (nSPS) is 22.7. The van der Waals surface area contributed by atoms with Crippen molar-refractivity contribution >= 4 is 29.3 Å². The van der Waals surface area contributed by atoms with Crippen molar-refractivity contribution in [3.63, 3.8) is 0 Å². The Morgan fingerprint density at radius 2 is 1.04 bits per heavy atom. The molecule has 0 radical (unpaired) electrons. The van der Waals surface area contributed by atoms with Gasteiger partial charge in [0.1, 0.15) is 0 Å². The van der Waals surface area contributed by atoms with Gasteiger partial charge < -0.3 is 9.80 Å². The molecule has 3 aliphatic rings. The van der Waals surface area contributed by atoms with Crippen LogP contribution in [-0.4, -0.2) is 58.1 Å². The summed E-state index contributed by atoms with van der Waals surface area (Å²) in [5.41, 5.74) is 2.40. The SMILES string of the molecule is CC(C)N1C(=O)C(C(C)(C)C)Cc2ccccc21.CC(C)N1C(=O)CC(C(C)(C)C)C1=O.CC(C)N1CCCCC(C(C)(C)C)C1=O. The van der Waals surface area contributed by atoms with E-state index < -0.39 is 0 Å². The first kappa shape index (κ1) is 40.5. The number of hydrogen-bond acceptors (Lipinski definition) is 4. The van der Waals surface area contributed by atoms with Gasteiger partial charge in [-0.05, 0) is 88.7 Å². The standard InChI is InChI=1S/C16H23NO.C13H25NO.C11H19NO2/c1-11(2)17-14-9-7-6-8-12(14)10-13(15(17)18)16(3,4)5;1-10(2)14-9-7-6-8-11(12(14)15)13(3,4)5;1-7(2)12-9(13)6-8(10(12)14)11(3,4)5/h6-9,11,13H,10H2,1-5H3;10-11H,6-9H2,1-5H3;7-8H,6H2,1-5H3. The number of amides is 4. The summed E-state index contributed by atoms with van der Waals surface area (Å²) < 4.78 is 0. The van der Waals surface area contributed by atoms with Crippen LogP contribution in [0.15, 0.2) is 24.3 Å². The van der Waals surface area contributed by atoms with Crippen molar-refractivity contribution in [3.05, 3.63) is 29.8 Å². The predicted molar refractivity (Wildman–Crippen MR) is 194 cm³/mol. The molecular weight excluding hydrogens is 586 g/mol. The van der Waals surface area contributed by atoms with E-state index in [0.717, 1.165) is 31.5 Å². The van der Waals surface area contributed by atoms with E-state index in [1.165, 1.54) is 16.9 Å². The van der Waals surface area contributed by atoms with Gasteiger partial charge in [-0.15, -0.1) is 0 Å². The van der Waals surface area contributed by atoms with E-state index in [4.69, 9.17) is 0 Å². The van der Waals surface area contributed by atoms with Crippen LogP contribution in [0.2, 0.25) is 0 Å². The number of carbonyl (C=O) groups excluding carboxylic acids is 4. The molecule has 0 aliphatic carbocycles. The van der Waals surface area contributed by atoms with Crippen LogP contribution < -0.4 is 4.90 Å². The molecule has 3 aliphatic heterocycles. The van der Waals surface area contributed by atoms with Crippen molar-refractivity contribution in [2.75, 3.05) is 11.4 Å². The summed E-state index contributed by atoms with van der Waals surface area (Å²) in [5, 5.41) is 0. The zero-order valence-corrected chi connectivity index (χ0v) is 32.5. The summed E-state index contributed by atoms with van der Waals surface area (Å²) in [6.45, 7) is 32.1. The topological polar surface area (TPSA) is 78.0 Å². The number of likely N-dealkylation sites (tertiary alicyclic amines) is 2. The van der Waals surface area contributed by atoms with Gasteiger partial charge in [-0.1, -0.05) is 86.9 Å². The van der Waals surface area contributed by atoms with Gasteiger partial charge >= 0.3 is 0 Å². The molecule has 7 nitrogen and oxygen atoms in total. The van der Waals surface area contributed by atoms with E-state index in [0.29, 0.717) is 18.4 Å². The molecule has 0 spiro atoms. The smallest absolute Gasteiger partial charge is 0.233 e. The fourth-order valence-corrected chi connectivity index (χ4v) is 6.97. The van der Waals surface area contributed by atoms with Crippen molar-refractivity contribution < 1.29 is 19.2 Å². The first-order valence-electron chi connectivity index (χ1n) is 18.0. The molecule has 0 bridgehead atoms. The third kappa shape index (κ3) is 10.2. The summed E-state index contributed by atoms with van der Waals surface area (Å²) >= 11 is 0. The maximum absolute atomic E-state index is 12.7. The van der Waals surface area contributed by atoms with Gasteiger partial charge in [0.2, 0.25) is 23.6 Å². The molecule has 4 amide bonds. The fourth-order valence-electron chi connectivity index (χ4n) is 6.97. The lowest BCUT2D eigenvalue weighted by Crippen LogP contribution is -2.49. The van der Waals surface area contributed by atoms with E-state index >= 15 is 0 Å². The fraction of sp³-hybridized carbons (Fsp3) is 0.750. The Kier molecular flexibility index (Phi) is 13.5. The van der Waals surface area contributed by atoms with Crippen molar-refractivity contribution in [3.8, 4) is 0 Å². The number of imide groups is 1. The monoisotopic (exact) mass is 654 g/mol. The Labute approximate surface area is 287 Å². The van der Waals surface area contributed by atoms with E-state index in [1.807, 2.05) is 45.6 Å². The van der Waals surface area contributed by atoms with Crippen LogP contribution in [0.1, 0.15) is 135 Å². The van der Waals surface area contributed by atoms with E-state index in [9.17, 15) is 19.2 Å². The first-order chi connectivity index (χ1) is 21.4. The maximum Gasteiger partial charge on any atom is 0.233 e. The second-order valence-electron chi connectivity index (χ2n) is 17.9. The van der Waals surface area contributed by atoms with Gasteiger partial charge in [0.05, 0.1) is 5.92 Å². The molecular formula is C40H67N3O4. The minimum absolute atomic E-state index is 0.00231. The molecule has 0 aromatic heterocycles. The highest BCUT2D eigenvalue weighted by atomic mass is 16.2. The van der Waals surface area contributed by atoms with E-state index in [-0.39, 0.29) is 63.8 Å². The average Bonchev–Trinajstić information content (AvgIpc) is 3.08. The summed E-state index contributed by atoms with van der Waals surface area (Å²) in [7, 11) is 0. The highest BCUT2D eigenvalue weighted by Crippen LogP contribution is 2.40. The van der Waals surface area contributed by atoms with Crippen molar-refractivity contribution in [1.82, 2.24) is 9.80 Å². The highest BCUT2D eigenvalue weighted by molar-refractivity contribution is 6.04. The number of nitrogens with zero attached hydrogens (tertiary/aromatic N) is 3. The largest absolute Gasteiger partial charge is 0.340 e. The number of fused-ring (bicyclic) bond motifs is 1. The lowest BCUT2D eigenvalue weighted by atomic mass is 9.74. The molecule has 47 heavy (non-hydrogen) atoms. The number of carbonyl (C=O) groups is 4. The Bertz CT molecular complexity index is 1250. The van der Waals surface area contributed by atoms with Crippen LogP contribution in [-0.2, 0) is 25.6 Å². The van der Waals surface area contributed by atoms with E-state index in [1.54, 1.807) is 0 Å². The molecule has 1 aromatic rings. The Morgan fingerprint density at radius 1 is 0.574 bits per heavy atom. The molecule has 4 rings (SSSR count). The third-order valence-electron chi connectivity index (χ3n) is 9.91. The van der Waals surface area contributed by atoms with Crippen LogP contribution in [0.25, 0.3) is 0 Å². The quantitative estimate of drug-likeness (QED) is 0.307. The molecule has 0 N–H and O–H groups in total. The average molecular weight is 654 g/mol. The van der Waals surface area contributed by atoms with Gasteiger partial charge in [0, 0.05) is 48.6 Å². The van der Waals surface area contributed by atoms with Gasteiger partial charge in [0.25, 0.3) is 0 Å². The minimum Gasteiger partial charge on any atom is -0.340 e. The first-order valence-corrected chi connectivity index (χ1v) is 18.0. The third-order valence-corrected chi connectivity index (χ3v) is 9.91. The number of hydrogen-bond donors (Lipinski definition) is 0. The molecule has 1 aromatic carbocycles. The number of para-hydroxylation sites is 1. The summed E-state index contributed by atoms with van der Waals surface area (Å²) in [6, 6.07) is 8.83. The molecule has 7 heteroatoms. The molecule has 2 fully saturated rings. The van der Waals surface area contributed by atoms with Gasteiger partial charge in [0.15, 0.2) is 0 Å². The molecule has 3 heterocycles. The highest BCUT2D eigenvalue weighted by Gasteiger charge is 2.45. The van der Waals surface area contributed by atoms with Crippen molar-refractivity contribution in [2.24, 2.45) is 34.0 Å². The molecule has 0 saturated carbocycles. The maximum atomic E-state index is 12.7. The molecule has 3 atom stereocenters. The minimum atomic E-state index is -0.141. The lowest BCUT2D eigenvalue weighted by Gasteiger charge is -2.41. The lowest BCUT2D eigenvalue weighted by molar-refractivity contribution is -0.142. The van der Waals surface area contributed by atoms with Gasteiger partial charge in [-0.25, -0.2) is 0 Å². The number of benzene rings is 1. The van der Waals surface area contributed by atoms with Crippen molar-refractivity contribution in [1.29, 1.82) is 0 Å². The second kappa shape index (κ2) is 15.7. The zero-order chi connectivity index (χ0) is 36.2. The Balaban J connectivity index is 0.000000248. The molecule has 3 unspecified atom stereocenters. The summed E-state index contributed by atoms with van der Waals surface area (Å²) in [6.07, 6.45) is 4.65. The van der Waals surface area contributed by atoms with Crippen LogP contribution >= 0.6 is 0 Å². The van der Waals surface area contributed by atoms with Crippen molar-refractivity contribution in [2.45, 2.75) is 154 Å². The number of anilines is 1. The molecule has 266 valence electrons. The van der Waals surface area contributed by atoms with Gasteiger partial charge in [-0.2, -0.15) is 0 Å². The summed E-state index contributed by atoms with van der Waals surface area (Å²) in [5.74, 6) is 0.767.